The monoisotopic (exact) mass is 735 g/mol. The number of hydrogen-bond donors (Lipinski definition) is 1. The summed E-state index contributed by atoms with van der Waals surface area (Å²) in [6.07, 6.45) is 8.02. The average Bonchev–Trinajstić information content (AvgIpc) is 4.07. The van der Waals surface area contributed by atoms with Crippen LogP contribution in [0.4, 0.5) is 0 Å². The maximum atomic E-state index is 12.1. The zero-order valence-corrected chi connectivity index (χ0v) is 30.8. The SMILES string of the molecule is N#Cc1ccc(-c2nn(C(c3ccccc3)(c3ccccc3)c3ccccc3)cc2-c2ccc3ncc(-c4ccc(CN5CCC[C@H]5C(N)=O)s4)n3c2)cc1. The lowest BCUT2D eigenvalue weighted by molar-refractivity contribution is -0.122. The van der Waals surface area contributed by atoms with Crippen LogP contribution in [0.3, 0.4) is 0 Å². The van der Waals surface area contributed by atoms with E-state index in [2.05, 4.69) is 123 Å². The number of thiophene rings is 1. The van der Waals surface area contributed by atoms with Gasteiger partial charge in [0.15, 0.2) is 0 Å². The number of rotatable bonds is 10. The van der Waals surface area contributed by atoms with Gasteiger partial charge in [-0.3, -0.25) is 18.8 Å². The van der Waals surface area contributed by atoms with Crippen LogP contribution < -0.4 is 5.73 Å². The number of amides is 1. The van der Waals surface area contributed by atoms with E-state index in [4.69, 9.17) is 15.8 Å². The minimum atomic E-state index is -0.816. The Morgan fingerprint density at radius 3 is 2.05 bits per heavy atom. The normalized spacial score (nSPS) is 14.6. The summed E-state index contributed by atoms with van der Waals surface area (Å²) in [5.41, 5.74) is 14.1. The molecule has 2 N–H and O–H groups in total. The smallest absolute Gasteiger partial charge is 0.234 e. The highest BCUT2D eigenvalue weighted by Gasteiger charge is 2.40. The lowest BCUT2D eigenvalue weighted by atomic mass is 9.77. The third-order valence-corrected chi connectivity index (χ3v) is 11.8. The van der Waals surface area contributed by atoms with Crippen molar-refractivity contribution in [1.29, 1.82) is 5.26 Å². The van der Waals surface area contributed by atoms with Crippen molar-refractivity contribution in [2.75, 3.05) is 6.54 Å². The van der Waals surface area contributed by atoms with E-state index >= 15 is 0 Å². The summed E-state index contributed by atoms with van der Waals surface area (Å²) in [4.78, 5) is 21.3. The van der Waals surface area contributed by atoms with Gasteiger partial charge in [0, 0.05) is 40.5 Å². The predicted molar refractivity (Wildman–Crippen MR) is 217 cm³/mol. The number of aromatic nitrogens is 4. The molecule has 1 aliphatic heterocycles. The van der Waals surface area contributed by atoms with Crippen LogP contribution in [0.25, 0.3) is 38.6 Å². The number of nitrogens with zero attached hydrogens (tertiary/aromatic N) is 6. The molecule has 8 aromatic rings. The number of hydrogen-bond acceptors (Lipinski definition) is 6. The number of likely N-dealkylation sites (tertiary alicyclic amines) is 1. The first-order valence-electron chi connectivity index (χ1n) is 18.4. The van der Waals surface area contributed by atoms with Crippen molar-refractivity contribution < 1.29 is 4.79 Å². The van der Waals surface area contributed by atoms with Crippen LogP contribution in [0.15, 0.2) is 158 Å². The number of pyridine rings is 1. The Morgan fingerprint density at radius 1 is 0.800 bits per heavy atom. The van der Waals surface area contributed by atoms with Gasteiger partial charge in [-0.25, -0.2) is 4.98 Å². The first-order valence-corrected chi connectivity index (χ1v) is 19.2. The molecule has 1 fully saturated rings. The number of carbonyl (C=O) groups is 1. The Hall–Kier alpha value is -6.60. The zero-order valence-electron chi connectivity index (χ0n) is 30.0. The van der Waals surface area contributed by atoms with Crippen molar-refractivity contribution in [2.24, 2.45) is 5.73 Å². The molecule has 4 aromatic carbocycles. The number of benzene rings is 4. The summed E-state index contributed by atoms with van der Waals surface area (Å²) in [7, 11) is 0. The summed E-state index contributed by atoms with van der Waals surface area (Å²) < 4.78 is 4.25. The molecule has 55 heavy (non-hydrogen) atoms. The van der Waals surface area contributed by atoms with Gasteiger partial charge >= 0.3 is 0 Å². The molecule has 1 atom stereocenters. The van der Waals surface area contributed by atoms with Crippen molar-refractivity contribution in [3.63, 3.8) is 0 Å². The molecule has 268 valence electrons. The fourth-order valence-electron chi connectivity index (χ4n) is 8.07. The highest BCUT2D eigenvalue weighted by molar-refractivity contribution is 7.15. The Bertz CT molecular complexity index is 2560. The first kappa shape index (κ1) is 34.2. The first-order chi connectivity index (χ1) is 27.0. The number of nitrogens with two attached hydrogens (primary N) is 1. The Labute approximate surface area is 323 Å². The number of carbonyl (C=O) groups excluding carboxylic acids is 1. The van der Waals surface area contributed by atoms with E-state index in [0.29, 0.717) is 12.1 Å². The molecule has 9 heteroatoms. The zero-order chi connectivity index (χ0) is 37.4. The van der Waals surface area contributed by atoms with Crippen LogP contribution in [0.1, 0.15) is 40.0 Å². The predicted octanol–water partition coefficient (Wildman–Crippen LogP) is 8.75. The molecular weight excluding hydrogens is 699 g/mol. The van der Waals surface area contributed by atoms with Crippen LogP contribution in [0.2, 0.25) is 0 Å². The quantitative estimate of drug-likeness (QED) is 0.142. The molecule has 0 saturated carbocycles. The fourth-order valence-corrected chi connectivity index (χ4v) is 9.11. The molecule has 1 saturated heterocycles. The average molecular weight is 736 g/mol. The molecular formula is C46H37N7OS. The van der Waals surface area contributed by atoms with Crippen molar-refractivity contribution >= 4 is 22.9 Å². The van der Waals surface area contributed by atoms with Gasteiger partial charge < -0.3 is 5.73 Å². The molecule has 0 spiro atoms. The summed E-state index contributed by atoms with van der Waals surface area (Å²) in [5, 5.41) is 15.1. The number of nitriles is 1. The molecule has 5 heterocycles. The number of primary amides is 1. The van der Waals surface area contributed by atoms with Crippen LogP contribution in [-0.2, 0) is 16.9 Å². The van der Waals surface area contributed by atoms with Crippen LogP contribution in [0, 0.1) is 11.3 Å². The highest BCUT2D eigenvalue weighted by Crippen LogP contribution is 2.43. The van der Waals surface area contributed by atoms with Crippen molar-refractivity contribution in [2.45, 2.75) is 31.0 Å². The number of imidazole rings is 1. The van der Waals surface area contributed by atoms with E-state index in [0.717, 1.165) is 74.7 Å². The molecule has 0 radical (unpaired) electrons. The largest absolute Gasteiger partial charge is 0.368 e. The van der Waals surface area contributed by atoms with Crippen LogP contribution in [-0.4, -0.2) is 42.6 Å². The molecule has 4 aromatic heterocycles. The standard InChI is InChI=1S/C46H37N7OS/c47-27-32-18-20-33(21-19-32)44-39(31-53(50-44)46(35-11-4-1-5-12-35,36-13-6-2-7-14-36)37-15-8-3-9-16-37)34-22-25-43-49-28-41(52(43)29-34)42-24-23-38(55-42)30-51-26-10-17-40(51)45(48)54/h1-9,11-16,18-25,28-29,31,40H,10,17,26,30H2,(H2,48,54)/t40-/m0/s1. The summed E-state index contributed by atoms with van der Waals surface area (Å²) in [5.74, 6) is -0.249. The molecule has 0 bridgehead atoms. The molecule has 8 nitrogen and oxygen atoms in total. The number of fused-ring (bicyclic) bond motifs is 1. The van der Waals surface area contributed by atoms with Crippen LogP contribution >= 0.6 is 11.3 Å². The van der Waals surface area contributed by atoms with Gasteiger partial charge in [-0.15, -0.1) is 11.3 Å². The van der Waals surface area contributed by atoms with Gasteiger partial charge in [-0.1, -0.05) is 103 Å². The van der Waals surface area contributed by atoms with E-state index in [1.165, 1.54) is 4.88 Å². The van der Waals surface area contributed by atoms with E-state index in [-0.39, 0.29) is 11.9 Å². The molecule has 9 rings (SSSR count). The second-order valence-electron chi connectivity index (χ2n) is 13.9. The third kappa shape index (κ3) is 6.11. The van der Waals surface area contributed by atoms with E-state index in [1.54, 1.807) is 11.3 Å². The van der Waals surface area contributed by atoms with Crippen molar-refractivity contribution in [3.05, 3.63) is 185 Å². The Morgan fingerprint density at radius 2 is 1.44 bits per heavy atom. The Balaban J connectivity index is 1.22. The fraction of sp³-hybridized carbons (Fsp3) is 0.130. The molecule has 1 aliphatic rings. The summed E-state index contributed by atoms with van der Waals surface area (Å²) in [6, 6.07) is 49.7. The lowest BCUT2D eigenvalue weighted by Gasteiger charge is -2.36. The second kappa shape index (κ2) is 14.3. The van der Waals surface area contributed by atoms with Gasteiger partial charge in [0.05, 0.1) is 34.4 Å². The Kier molecular flexibility index (Phi) is 8.90. The van der Waals surface area contributed by atoms with Crippen molar-refractivity contribution in [1.82, 2.24) is 24.1 Å². The van der Waals surface area contributed by atoms with Crippen LogP contribution in [0.5, 0.6) is 0 Å². The van der Waals surface area contributed by atoms with Gasteiger partial charge in [-0.2, -0.15) is 10.4 Å². The van der Waals surface area contributed by atoms with E-state index in [1.807, 2.05) is 54.7 Å². The molecule has 0 aliphatic carbocycles. The minimum Gasteiger partial charge on any atom is -0.368 e. The van der Waals surface area contributed by atoms with Gasteiger partial charge in [0.1, 0.15) is 16.9 Å². The van der Waals surface area contributed by atoms with Gasteiger partial charge in [0.2, 0.25) is 5.91 Å². The third-order valence-electron chi connectivity index (χ3n) is 10.7. The summed E-state index contributed by atoms with van der Waals surface area (Å²) >= 11 is 1.71. The second-order valence-corrected chi connectivity index (χ2v) is 15.1. The van der Waals surface area contributed by atoms with Crippen molar-refractivity contribution in [3.8, 4) is 39.0 Å². The molecule has 0 unspecified atom stereocenters. The topological polar surface area (TPSA) is 105 Å². The highest BCUT2D eigenvalue weighted by atomic mass is 32.1. The van der Waals surface area contributed by atoms with E-state index in [9.17, 15) is 10.1 Å². The van der Waals surface area contributed by atoms with Gasteiger partial charge in [0.25, 0.3) is 0 Å². The van der Waals surface area contributed by atoms with Gasteiger partial charge in [-0.05, 0) is 72.5 Å². The lowest BCUT2D eigenvalue weighted by Crippen LogP contribution is -2.39. The maximum Gasteiger partial charge on any atom is 0.234 e. The minimum absolute atomic E-state index is 0.209. The van der Waals surface area contributed by atoms with E-state index < -0.39 is 5.54 Å². The molecule has 1 amide bonds. The maximum absolute atomic E-state index is 12.1. The summed E-state index contributed by atoms with van der Waals surface area (Å²) in [6.45, 7) is 1.56.